The van der Waals surface area contributed by atoms with E-state index in [0.29, 0.717) is 0 Å². The van der Waals surface area contributed by atoms with Gasteiger partial charge in [0.25, 0.3) is 0 Å². The third-order valence-corrected chi connectivity index (χ3v) is 4.01. The van der Waals surface area contributed by atoms with Gasteiger partial charge in [-0.1, -0.05) is 22.9 Å². The number of aromatic nitrogens is 2. The summed E-state index contributed by atoms with van der Waals surface area (Å²) < 4.78 is 28.9. The number of sulfone groups is 1. The molecule has 18 heavy (non-hydrogen) atoms. The number of benzene rings is 1. The van der Waals surface area contributed by atoms with Gasteiger partial charge in [0.05, 0.1) is 11.4 Å². The molecule has 0 saturated carbocycles. The lowest BCUT2D eigenvalue weighted by molar-refractivity contribution is 0.376. The van der Waals surface area contributed by atoms with Crippen LogP contribution < -0.4 is 5.73 Å². The van der Waals surface area contributed by atoms with Gasteiger partial charge in [0, 0.05) is 0 Å². The van der Waals surface area contributed by atoms with E-state index in [9.17, 15) is 8.42 Å². The first-order chi connectivity index (χ1) is 8.51. The quantitative estimate of drug-likeness (QED) is 0.880. The fourth-order valence-electron chi connectivity index (χ4n) is 1.43. The second kappa shape index (κ2) is 4.87. The van der Waals surface area contributed by atoms with E-state index in [1.54, 1.807) is 24.3 Å². The van der Waals surface area contributed by atoms with Crippen LogP contribution in [0, 0.1) is 6.92 Å². The Kier molecular flexibility index (Phi) is 3.44. The minimum absolute atomic E-state index is 0.0948. The summed E-state index contributed by atoms with van der Waals surface area (Å²) in [5.74, 6) is 0.0552. The Balaban J connectivity index is 2.24. The molecule has 1 aromatic heterocycles. The van der Waals surface area contributed by atoms with E-state index in [-0.39, 0.29) is 28.9 Å². The van der Waals surface area contributed by atoms with Gasteiger partial charge in [0.15, 0.2) is 15.7 Å². The van der Waals surface area contributed by atoms with Crippen LogP contribution in [-0.4, -0.2) is 18.6 Å². The Hall–Kier alpha value is -1.73. The summed E-state index contributed by atoms with van der Waals surface area (Å²) in [5.41, 5.74) is 6.31. The zero-order chi connectivity index (χ0) is 13.2. The molecule has 6 nitrogen and oxygen atoms in total. The summed E-state index contributed by atoms with van der Waals surface area (Å²) in [7, 11) is -3.45. The van der Waals surface area contributed by atoms with Gasteiger partial charge in [0.1, 0.15) is 5.75 Å². The second-order valence-electron chi connectivity index (χ2n) is 3.88. The number of rotatable bonds is 4. The first-order valence-corrected chi connectivity index (χ1v) is 6.97. The monoisotopic (exact) mass is 267 g/mol. The van der Waals surface area contributed by atoms with Crippen molar-refractivity contribution in [2.45, 2.75) is 24.1 Å². The van der Waals surface area contributed by atoms with Crippen molar-refractivity contribution in [2.24, 2.45) is 5.73 Å². The van der Waals surface area contributed by atoms with E-state index in [4.69, 9.17) is 10.3 Å². The molecule has 7 heteroatoms. The molecule has 0 fully saturated rings. The van der Waals surface area contributed by atoms with Crippen LogP contribution in [0.25, 0.3) is 0 Å². The van der Waals surface area contributed by atoms with Crippen LogP contribution in [0.3, 0.4) is 0 Å². The molecule has 2 aromatic rings. The molecule has 96 valence electrons. The van der Waals surface area contributed by atoms with Crippen molar-refractivity contribution in [3.8, 4) is 0 Å². The van der Waals surface area contributed by atoms with E-state index >= 15 is 0 Å². The van der Waals surface area contributed by atoms with Crippen molar-refractivity contribution in [3.63, 3.8) is 0 Å². The molecular weight excluding hydrogens is 254 g/mol. The molecule has 1 aromatic carbocycles. The Labute approximate surface area is 105 Å². The van der Waals surface area contributed by atoms with E-state index in [2.05, 4.69) is 10.1 Å². The van der Waals surface area contributed by atoms with E-state index in [1.165, 1.54) is 0 Å². The van der Waals surface area contributed by atoms with Crippen LogP contribution in [0.15, 0.2) is 33.7 Å². The summed E-state index contributed by atoms with van der Waals surface area (Å²) in [6.07, 6.45) is 0. The van der Waals surface area contributed by atoms with Gasteiger partial charge in [-0.05, 0) is 19.1 Å². The standard InChI is InChI=1S/C11H13N3O3S/c1-8-2-4-9(5-3-8)18(15,16)7-10-13-11(6-12)17-14-10/h2-5H,6-7,12H2,1H3. The molecule has 0 amide bonds. The van der Waals surface area contributed by atoms with Crippen LogP contribution in [-0.2, 0) is 22.1 Å². The van der Waals surface area contributed by atoms with E-state index in [0.717, 1.165) is 5.56 Å². The van der Waals surface area contributed by atoms with E-state index < -0.39 is 9.84 Å². The highest BCUT2D eigenvalue weighted by atomic mass is 32.2. The molecule has 2 N–H and O–H groups in total. The molecule has 0 aliphatic carbocycles. The van der Waals surface area contributed by atoms with Gasteiger partial charge >= 0.3 is 0 Å². The second-order valence-corrected chi connectivity index (χ2v) is 5.87. The summed E-state index contributed by atoms with van der Waals surface area (Å²) in [6, 6.07) is 6.62. The van der Waals surface area contributed by atoms with Gasteiger partial charge in [-0.25, -0.2) is 8.42 Å². The fourth-order valence-corrected chi connectivity index (χ4v) is 2.61. The average molecular weight is 267 g/mol. The molecule has 0 spiro atoms. The highest BCUT2D eigenvalue weighted by molar-refractivity contribution is 7.90. The number of nitrogens with two attached hydrogens (primary N) is 1. The van der Waals surface area contributed by atoms with Crippen molar-refractivity contribution in [1.82, 2.24) is 10.1 Å². The number of hydrogen-bond donors (Lipinski definition) is 1. The molecule has 0 saturated heterocycles. The molecule has 0 aliphatic rings. The van der Waals surface area contributed by atoms with Crippen molar-refractivity contribution >= 4 is 9.84 Å². The Morgan fingerprint density at radius 3 is 2.50 bits per heavy atom. The Morgan fingerprint density at radius 1 is 1.28 bits per heavy atom. The van der Waals surface area contributed by atoms with Crippen molar-refractivity contribution in [1.29, 1.82) is 0 Å². The van der Waals surface area contributed by atoms with Crippen molar-refractivity contribution < 1.29 is 12.9 Å². The van der Waals surface area contributed by atoms with Gasteiger partial charge in [-0.2, -0.15) is 4.98 Å². The van der Waals surface area contributed by atoms with Gasteiger partial charge in [-0.15, -0.1) is 0 Å². The SMILES string of the molecule is Cc1ccc(S(=O)(=O)Cc2noc(CN)n2)cc1. The first-order valence-electron chi connectivity index (χ1n) is 5.32. The minimum Gasteiger partial charge on any atom is -0.338 e. The molecule has 0 unspecified atom stereocenters. The lowest BCUT2D eigenvalue weighted by Gasteiger charge is -2.01. The predicted molar refractivity (Wildman–Crippen MR) is 64.3 cm³/mol. The molecule has 0 bridgehead atoms. The third kappa shape index (κ3) is 2.74. The summed E-state index contributed by atoms with van der Waals surface area (Å²) in [4.78, 5) is 4.12. The smallest absolute Gasteiger partial charge is 0.240 e. The minimum atomic E-state index is -3.45. The number of hydrogen-bond acceptors (Lipinski definition) is 6. The van der Waals surface area contributed by atoms with E-state index in [1.807, 2.05) is 6.92 Å². The highest BCUT2D eigenvalue weighted by Crippen LogP contribution is 2.15. The van der Waals surface area contributed by atoms with Crippen LogP contribution in [0.4, 0.5) is 0 Å². The molecule has 0 aliphatic heterocycles. The molecule has 0 radical (unpaired) electrons. The van der Waals surface area contributed by atoms with Crippen LogP contribution in [0.2, 0.25) is 0 Å². The predicted octanol–water partition coefficient (Wildman–Crippen LogP) is 0.811. The molecule has 0 atom stereocenters. The maximum atomic E-state index is 12.1. The van der Waals surface area contributed by atoms with Crippen molar-refractivity contribution in [2.75, 3.05) is 0 Å². The molecule has 2 rings (SSSR count). The topological polar surface area (TPSA) is 99.1 Å². The van der Waals surface area contributed by atoms with Gasteiger partial charge in [0.2, 0.25) is 5.89 Å². The first kappa shape index (κ1) is 12.7. The van der Waals surface area contributed by atoms with Crippen LogP contribution >= 0.6 is 0 Å². The zero-order valence-corrected chi connectivity index (χ0v) is 10.6. The number of nitrogens with zero attached hydrogens (tertiary/aromatic N) is 2. The van der Waals surface area contributed by atoms with Gasteiger partial charge in [-0.3, -0.25) is 0 Å². The third-order valence-electron chi connectivity index (χ3n) is 2.38. The normalized spacial score (nSPS) is 11.7. The summed E-state index contributed by atoms with van der Waals surface area (Å²) in [6.45, 7) is 1.99. The zero-order valence-electron chi connectivity index (χ0n) is 9.83. The molecular formula is C11H13N3O3S. The van der Waals surface area contributed by atoms with Crippen LogP contribution in [0.5, 0.6) is 0 Å². The molecule has 1 heterocycles. The lowest BCUT2D eigenvalue weighted by Crippen LogP contribution is -2.06. The summed E-state index contributed by atoms with van der Waals surface area (Å²) >= 11 is 0. The van der Waals surface area contributed by atoms with Gasteiger partial charge < -0.3 is 10.3 Å². The fraction of sp³-hybridized carbons (Fsp3) is 0.273. The summed E-state index contributed by atoms with van der Waals surface area (Å²) in [5, 5.41) is 3.57. The highest BCUT2D eigenvalue weighted by Gasteiger charge is 2.18. The largest absolute Gasteiger partial charge is 0.338 e. The Morgan fingerprint density at radius 2 is 1.94 bits per heavy atom. The number of aryl methyl sites for hydroxylation is 1. The maximum Gasteiger partial charge on any atom is 0.240 e. The maximum absolute atomic E-state index is 12.1. The lowest BCUT2D eigenvalue weighted by atomic mass is 10.2. The average Bonchev–Trinajstić information content (AvgIpc) is 2.76. The van der Waals surface area contributed by atoms with Crippen LogP contribution in [0.1, 0.15) is 17.3 Å². The Bertz CT molecular complexity index is 632. The van der Waals surface area contributed by atoms with Crippen molar-refractivity contribution in [3.05, 3.63) is 41.5 Å².